The quantitative estimate of drug-likeness (QED) is 0.769. The molecule has 1 aliphatic heterocycles. The molecule has 0 saturated carbocycles. The van der Waals surface area contributed by atoms with Crippen LogP contribution < -0.4 is 4.74 Å². The topological polar surface area (TPSA) is 72.1 Å². The number of para-hydroxylation sites is 1. The van der Waals surface area contributed by atoms with E-state index in [1.165, 1.54) is 15.9 Å². The largest absolute Gasteiger partial charge is 0.496 e. The highest BCUT2D eigenvalue weighted by molar-refractivity contribution is 7.17. The first-order chi connectivity index (χ1) is 12.2. The van der Waals surface area contributed by atoms with Crippen molar-refractivity contribution in [2.45, 2.75) is 13.0 Å². The Bertz CT molecular complexity index is 885. The summed E-state index contributed by atoms with van der Waals surface area (Å²) < 4.78 is 12.6. The Morgan fingerprint density at radius 2 is 2.04 bits per heavy atom. The van der Waals surface area contributed by atoms with Gasteiger partial charge in [0.05, 0.1) is 31.2 Å². The number of aryl methyl sites for hydroxylation is 1. The van der Waals surface area contributed by atoms with Gasteiger partial charge in [-0.1, -0.05) is 29.5 Å². The second kappa shape index (κ2) is 6.62. The average Bonchev–Trinajstić information content (AvgIpc) is 3.14. The van der Waals surface area contributed by atoms with Crippen LogP contribution in [0.15, 0.2) is 24.3 Å². The van der Waals surface area contributed by atoms with E-state index in [-0.39, 0.29) is 11.9 Å². The lowest BCUT2D eigenvalue weighted by molar-refractivity contribution is 0.0237. The Morgan fingerprint density at radius 1 is 1.28 bits per heavy atom. The summed E-state index contributed by atoms with van der Waals surface area (Å²) in [4.78, 5) is 8.21. The highest BCUT2D eigenvalue weighted by Gasteiger charge is 2.32. The molecule has 8 heteroatoms. The fraction of sp³-hybridized carbons (Fsp3) is 0.412. The lowest BCUT2D eigenvalue weighted by Gasteiger charge is -2.34. The number of rotatable bonds is 4. The van der Waals surface area contributed by atoms with Crippen LogP contribution in [0.5, 0.6) is 11.6 Å². The van der Waals surface area contributed by atoms with Crippen LogP contribution in [0.3, 0.4) is 0 Å². The number of hydrogen-bond acceptors (Lipinski definition) is 7. The molecule has 1 unspecified atom stereocenters. The third-order valence-corrected chi connectivity index (χ3v) is 5.47. The van der Waals surface area contributed by atoms with Crippen molar-refractivity contribution in [3.63, 3.8) is 0 Å². The molecule has 132 valence electrons. The summed E-state index contributed by atoms with van der Waals surface area (Å²) in [7, 11) is 1.67. The zero-order valence-electron chi connectivity index (χ0n) is 14.2. The number of aromatic hydroxyl groups is 1. The van der Waals surface area contributed by atoms with Gasteiger partial charge in [-0.3, -0.25) is 4.90 Å². The number of methoxy groups -OCH3 is 1. The van der Waals surface area contributed by atoms with Crippen LogP contribution in [0.1, 0.15) is 22.3 Å². The van der Waals surface area contributed by atoms with Gasteiger partial charge in [0.2, 0.25) is 10.8 Å². The fourth-order valence-electron chi connectivity index (χ4n) is 3.26. The Morgan fingerprint density at radius 3 is 2.76 bits per heavy atom. The highest BCUT2D eigenvalue weighted by Crippen LogP contribution is 2.42. The van der Waals surface area contributed by atoms with Crippen molar-refractivity contribution in [1.29, 1.82) is 0 Å². The molecule has 3 aromatic rings. The smallest absolute Gasteiger partial charge is 0.230 e. The molecule has 7 nitrogen and oxygen atoms in total. The molecule has 0 radical (unpaired) electrons. The average molecular weight is 360 g/mol. The summed E-state index contributed by atoms with van der Waals surface area (Å²) in [6.07, 6.45) is 0. The summed E-state index contributed by atoms with van der Waals surface area (Å²) >= 11 is 1.46. The maximum atomic E-state index is 10.8. The molecule has 3 heterocycles. The minimum atomic E-state index is -0.131. The molecule has 0 bridgehead atoms. The first-order valence-corrected chi connectivity index (χ1v) is 9.00. The highest BCUT2D eigenvalue weighted by atomic mass is 32.1. The molecule has 1 N–H and O–H groups in total. The molecule has 0 amide bonds. The maximum absolute atomic E-state index is 10.8. The molecule has 1 aliphatic rings. The van der Waals surface area contributed by atoms with Crippen molar-refractivity contribution in [3.8, 4) is 11.6 Å². The normalized spacial score (nSPS) is 17.0. The van der Waals surface area contributed by atoms with Gasteiger partial charge in [-0.15, -0.1) is 5.10 Å². The number of fused-ring (bicyclic) bond motifs is 1. The summed E-state index contributed by atoms with van der Waals surface area (Å²) in [5.74, 6) is 1.59. The van der Waals surface area contributed by atoms with E-state index in [9.17, 15) is 5.11 Å². The SMILES string of the molecule is COc1ccccc1C(c1sc2nc(C)nn2c1O)N1CCOCC1. The maximum Gasteiger partial charge on any atom is 0.230 e. The van der Waals surface area contributed by atoms with E-state index in [4.69, 9.17) is 9.47 Å². The van der Waals surface area contributed by atoms with E-state index in [2.05, 4.69) is 15.0 Å². The molecule has 1 atom stereocenters. The third-order valence-electron chi connectivity index (χ3n) is 4.40. The van der Waals surface area contributed by atoms with Crippen molar-refractivity contribution < 1.29 is 14.6 Å². The van der Waals surface area contributed by atoms with Crippen LogP contribution in [0.25, 0.3) is 4.96 Å². The van der Waals surface area contributed by atoms with Crippen molar-refractivity contribution in [2.24, 2.45) is 0 Å². The lowest BCUT2D eigenvalue weighted by atomic mass is 10.0. The Hall–Kier alpha value is -2.16. The molecule has 1 saturated heterocycles. The van der Waals surface area contributed by atoms with Crippen LogP contribution in [-0.2, 0) is 4.74 Å². The number of morpholine rings is 1. The Balaban J connectivity index is 1.86. The van der Waals surface area contributed by atoms with E-state index in [1.54, 1.807) is 7.11 Å². The third kappa shape index (κ3) is 2.86. The van der Waals surface area contributed by atoms with Crippen molar-refractivity contribution in [1.82, 2.24) is 19.5 Å². The van der Waals surface area contributed by atoms with E-state index in [0.29, 0.717) is 24.0 Å². The van der Waals surface area contributed by atoms with Crippen LogP contribution in [-0.4, -0.2) is 58.0 Å². The van der Waals surface area contributed by atoms with Crippen LogP contribution in [0, 0.1) is 6.92 Å². The summed E-state index contributed by atoms with van der Waals surface area (Å²) in [5, 5.41) is 15.1. The molecule has 25 heavy (non-hydrogen) atoms. The van der Waals surface area contributed by atoms with Crippen molar-refractivity contribution in [3.05, 3.63) is 40.5 Å². The first kappa shape index (κ1) is 16.3. The predicted octanol–water partition coefficient (Wildman–Crippen LogP) is 2.24. The van der Waals surface area contributed by atoms with E-state index in [0.717, 1.165) is 29.3 Å². The van der Waals surface area contributed by atoms with Crippen LogP contribution in [0.2, 0.25) is 0 Å². The molecule has 2 aromatic heterocycles. The molecule has 0 aliphatic carbocycles. The minimum Gasteiger partial charge on any atom is -0.496 e. The number of hydrogen-bond donors (Lipinski definition) is 1. The number of aromatic nitrogens is 3. The van der Waals surface area contributed by atoms with Gasteiger partial charge in [0.15, 0.2) is 0 Å². The van der Waals surface area contributed by atoms with Gasteiger partial charge in [0.25, 0.3) is 0 Å². The minimum absolute atomic E-state index is 0.131. The van der Waals surface area contributed by atoms with E-state index >= 15 is 0 Å². The number of thiazole rings is 1. The van der Waals surface area contributed by atoms with Gasteiger partial charge in [-0.2, -0.15) is 4.52 Å². The molecular weight excluding hydrogens is 340 g/mol. The zero-order valence-corrected chi connectivity index (χ0v) is 15.0. The van der Waals surface area contributed by atoms with Gasteiger partial charge < -0.3 is 14.6 Å². The summed E-state index contributed by atoms with van der Waals surface area (Å²) in [5.41, 5.74) is 1.02. The zero-order chi connectivity index (χ0) is 17.4. The monoisotopic (exact) mass is 360 g/mol. The number of nitrogens with zero attached hydrogens (tertiary/aromatic N) is 4. The molecule has 1 aromatic carbocycles. The first-order valence-electron chi connectivity index (χ1n) is 8.18. The van der Waals surface area contributed by atoms with Gasteiger partial charge in [0, 0.05) is 18.7 Å². The van der Waals surface area contributed by atoms with Crippen molar-refractivity contribution >= 4 is 16.3 Å². The molecule has 0 spiro atoms. The summed E-state index contributed by atoms with van der Waals surface area (Å²) in [6.45, 7) is 4.74. The van der Waals surface area contributed by atoms with Gasteiger partial charge in [-0.25, -0.2) is 4.98 Å². The van der Waals surface area contributed by atoms with E-state index in [1.807, 2.05) is 31.2 Å². The molecule has 1 fully saturated rings. The van der Waals surface area contributed by atoms with Gasteiger partial charge >= 0.3 is 0 Å². The Kier molecular flexibility index (Phi) is 4.32. The van der Waals surface area contributed by atoms with Crippen molar-refractivity contribution in [2.75, 3.05) is 33.4 Å². The van der Waals surface area contributed by atoms with Gasteiger partial charge in [-0.05, 0) is 13.0 Å². The van der Waals surface area contributed by atoms with E-state index < -0.39 is 0 Å². The number of ether oxygens (including phenoxy) is 2. The van der Waals surface area contributed by atoms with Gasteiger partial charge in [0.1, 0.15) is 11.6 Å². The van der Waals surface area contributed by atoms with Crippen LogP contribution >= 0.6 is 11.3 Å². The number of benzene rings is 1. The second-order valence-corrected chi connectivity index (χ2v) is 6.95. The second-order valence-electron chi connectivity index (χ2n) is 5.94. The lowest BCUT2D eigenvalue weighted by Crippen LogP contribution is -2.39. The van der Waals surface area contributed by atoms with Crippen LogP contribution in [0.4, 0.5) is 0 Å². The fourth-order valence-corrected chi connectivity index (χ4v) is 4.41. The molecule has 4 rings (SSSR count). The summed E-state index contributed by atoms with van der Waals surface area (Å²) in [6, 6.07) is 7.79. The molecular formula is C17H20N4O3S. The Labute approximate surface area is 149 Å². The predicted molar refractivity (Wildman–Crippen MR) is 94.5 cm³/mol. The standard InChI is InChI=1S/C17H20N4O3S/c1-11-18-17-21(19-11)16(22)15(25-17)14(20-7-9-24-10-8-20)12-5-3-4-6-13(12)23-2/h3-6,14,22H,7-10H2,1-2H3.